The first-order valence-corrected chi connectivity index (χ1v) is 21.0. The average Bonchev–Trinajstić information content (AvgIpc) is 3.94. The molecule has 0 amide bonds. The number of benzene rings is 8. The number of hydrogen-bond donors (Lipinski definition) is 0. The Balaban J connectivity index is 1.04. The Morgan fingerprint density at radius 2 is 1.07 bits per heavy atom. The lowest BCUT2D eigenvalue weighted by Crippen LogP contribution is -2.20. The summed E-state index contributed by atoms with van der Waals surface area (Å²) in [6.45, 7) is 2.35. The number of rotatable bonds is 5. The number of para-hydroxylation sites is 3. The predicted molar refractivity (Wildman–Crippen MR) is 249 cm³/mol. The summed E-state index contributed by atoms with van der Waals surface area (Å²) in [5.74, 6) is 0. The molecule has 0 aliphatic heterocycles. The zero-order valence-electron chi connectivity index (χ0n) is 32.1. The van der Waals surface area contributed by atoms with E-state index >= 15 is 0 Å². The van der Waals surface area contributed by atoms with Gasteiger partial charge in [-0.15, -0.1) is 11.3 Å². The van der Waals surface area contributed by atoms with Gasteiger partial charge < -0.3 is 9.13 Å². The van der Waals surface area contributed by atoms with E-state index in [1.807, 2.05) is 11.3 Å². The van der Waals surface area contributed by atoms with Crippen LogP contribution in [0.15, 0.2) is 200 Å². The molecule has 11 aromatic rings. The molecule has 0 fully saturated rings. The van der Waals surface area contributed by atoms with Gasteiger partial charge in [0.15, 0.2) is 0 Å². The fourth-order valence-electron chi connectivity index (χ4n) is 9.56. The highest BCUT2D eigenvalue weighted by Gasteiger charge is 2.26. The van der Waals surface area contributed by atoms with Gasteiger partial charge in [-0.2, -0.15) is 0 Å². The molecule has 0 saturated carbocycles. The van der Waals surface area contributed by atoms with E-state index in [1.54, 1.807) is 0 Å². The van der Waals surface area contributed by atoms with Crippen molar-refractivity contribution in [2.45, 2.75) is 18.8 Å². The van der Waals surface area contributed by atoms with Gasteiger partial charge in [-0.3, -0.25) is 0 Å². The van der Waals surface area contributed by atoms with Crippen molar-refractivity contribution in [1.82, 2.24) is 9.13 Å². The molecule has 12 rings (SSSR count). The van der Waals surface area contributed by atoms with E-state index in [-0.39, 0.29) is 5.41 Å². The topological polar surface area (TPSA) is 9.86 Å². The van der Waals surface area contributed by atoms with Crippen LogP contribution in [0.1, 0.15) is 24.5 Å². The van der Waals surface area contributed by atoms with Crippen molar-refractivity contribution in [2.24, 2.45) is 0 Å². The summed E-state index contributed by atoms with van der Waals surface area (Å²) >= 11 is 1.91. The summed E-state index contributed by atoms with van der Waals surface area (Å²) < 4.78 is 7.55. The number of nitrogens with zero attached hydrogens (tertiary/aromatic N) is 2. The molecule has 58 heavy (non-hydrogen) atoms. The van der Waals surface area contributed by atoms with Crippen molar-refractivity contribution >= 4 is 80.7 Å². The Morgan fingerprint density at radius 3 is 1.83 bits per heavy atom. The maximum absolute atomic E-state index is 2.49. The van der Waals surface area contributed by atoms with Gasteiger partial charge in [0.25, 0.3) is 0 Å². The lowest BCUT2D eigenvalue weighted by Gasteiger charge is -2.29. The quantitative estimate of drug-likeness (QED) is 0.165. The molecule has 1 atom stereocenters. The van der Waals surface area contributed by atoms with Crippen LogP contribution < -0.4 is 0 Å². The monoisotopic (exact) mass is 758 g/mol. The molecule has 0 saturated heterocycles. The van der Waals surface area contributed by atoms with Crippen molar-refractivity contribution in [2.75, 3.05) is 0 Å². The first-order valence-electron chi connectivity index (χ1n) is 20.1. The van der Waals surface area contributed by atoms with Crippen LogP contribution in [0.3, 0.4) is 0 Å². The first kappa shape index (κ1) is 33.2. The molecule has 3 aromatic heterocycles. The normalized spacial score (nSPS) is 15.7. The maximum Gasteiger partial charge on any atom is 0.0547 e. The molecule has 8 aromatic carbocycles. The van der Waals surface area contributed by atoms with Crippen LogP contribution in [-0.2, 0) is 5.41 Å². The number of aromatic nitrogens is 2. The van der Waals surface area contributed by atoms with Gasteiger partial charge >= 0.3 is 0 Å². The second-order valence-corrected chi connectivity index (χ2v) is 17.0. The van der Waals surface area contributed by atoms with Crippen LogP contribution in [0.25, 0.3) is 91.9 Å². The number of allylic oxidation sites excluding steroid dienone is 4. The van der Waals surface area contributed by atoms with Crippen molar-refractivity contribution in [3.8, 4) is 22.5 Å². The summed E-state index contributed by atoms with van der Waals surface area (Å²) in [6.07, 6.45) is 8.20. The third kappa shape index (κ3) is 5.03. The van der Waals surface area contributed by atoms with E-state index in [0.717, 1.165) is 6.42 Å². The average molecular weight is 759 g/mol. The fraction of sp³-hybridized carbons (Fsp3) is 0.0545. The summed E-state index contributed by atoms with van der Waals surface area (Å²) in [5.41, 5.74) is 13.5. The number of hydrogen-bond acceptors (Lipinski definition) is 1. The third-order valence-corrected chi connectivity index (χ3v) is 13.8. The second kappa shape index (κ2) is 12.8. The molecule has 2 nitrogen and oxygen atoms in total. The first-order chi connectivity index (χ1) is 28.6. The van der Waals surface area contributed by atoms with Gasteiger partial charge in [-0.1, -0.05) is 146 Å². The maximum atomic E-state index is 2.49. The van der Waals surface area contributed by atoms with Gasteiger partial charge in [-0.25, -0.2) is 0 Å². The Labute approximate surface area is 340 Å². The molecule has 1 aliphatic rings. The van der Waals surface area contributed by atoms with E-state index in [0.29, 0.717) is 0 Å². The Hall–Kier alpha value is -6.94. The Bertz CT molecular complexity index is 3490. The molecular weight excluding hydrogens is 721 g/mol. The third-order valence-electron chi connectivity index (χ3n) is 12.5. The molecular formula is C55H38N2S. The molecule has 0 N–H and O–H groups in total. The molecule has 0 spiro atoms. The van der Waals surface area contributed by atoms with E-state index in [4.69, 9.17) is 0 Å². The minimum absolute atomic E-state index is 0.0329. The molecule has 3 heteroatoms. The highest BCUT2D eigenvalue weighted by molar-refractivity contribution is 7.26. The highest BCUT2D eigenvalue weighted by atomic mass is 32.1. The molecule has 3 heterocycles. The summed E-state index contributed by atoms with van der Waals surface area (Å²) in [7, 11) is 0. The molecule has 1 aliphatic carbocycles. The van der Waals surface area contributed by atoms with Gasteiger partial charge in [0.1, 0.15) is 0 Å². The van der Waals surface area contributed by atoms with Crippen LogP contribution in [-0.4, -0.2) is 9.13 Å². The smallest absolute Gasteiger partial charge is 0.0547 e. The van der Waals surface area contributed by atoms with Crippen LogP contribution in [0.5, 0.6) is 0 Å². The molecule has 0 bridgehead atoms. The van der Waals surface area contributed by atoms with Gasteiger partial charge in [0.2, 0.25) is 0 Å². The van der Waals surface area contributed by atoms with Crippen molar-refractivity contribution in [1.29, 1.82) is 0 Å². The van der Waals surface area contributed by atoms with Crippen molar-refractivity contribution < 1.29 is 0 Å². The number of fused-ring (bicyclic) bond motifs is 9. The van der Waals surface area contributed by atoms with E-state index in [1.165, 1.54) is 103 Å². The van der Waals surface area contributed by atoms with Crippen molar-refractivity contribution in [3.63, 3.8) is 0 Å². The van der Waals surface area contributed by atoms with E-state index < -0.39 is 0 Å². The Morgan fingerprint density at radius 1 is 0.466 bits per heavy atom. The van der Waals surface area contributed by atoms with Gasteiger partial charge in [0.05, 0.1) is 22.1 Å². The van der Waals surface area contributed by atoms with Gasteiger partial charge in [-0.05, 0) is 89.3 Å². The highest BCUT2D eigenvalue weighted by Crippen LogP contribution is 2.45. The van der Waals surface area contributed by atoms with Crippen LogP contribution in [0, 0.1) is 0 Å². The molecule has 274 valence electrons. The van der Waals surface area contributed by atoms with E-state index in [2.05, 4.69) is 216 Å². The standard InChI is InChI=1S/C55H38N2S/c1-55(39-14-4-2-5-15-39)30-28-36(29-31-55)46-34-41(35-48-45-20-10-13-23-53(45)58-54(46)48)57-50-22-12-9-19-43(50)47-32-37(25-27-51(47)57)38-24-26-44-42-18-8-11-21-49(42)56(52(44)33-38)40-16-6-3-7-17-40/h2-30,32-35H,31H2,1H3. The zero-order chi connectivity index (χ0) is 38.4. The van der Waals surface area contributed by atoms with Crippen LogP contribution >= 0.6 is 11.3 Å². The zero-order valence-corrected chi connectivity index (χ0v) is 32.9. The lowest BCUT2D eigenvalue weighted by molar-refractivity contribution is 0.601. The minimum Gasteiger partial charge on any atom is -0.309 e. The minimum atomic E-state index is -0.0329. The lowest BCUT2D eigenvalue weighted by atomic mass is 9.75. The van der Waals surface area contributed by atoms with Gasteiger partial charge in [0, 0.05) is 64.1 Å². The Kier molecular flexibility index (Phi) is 7.33. The largest absolute Gasteiger partial charge is 0.309 e. The summed E-state index contributed by atoms with van der Waals surface area (Å²) in [5, 5.41) is 7.66. The van der Waals surface area contributed by atoms with Crippen LogP contribution in [0.4, 0.5) is 0 Å². The second-order valence-electron chi connectivity index (χ2n) is 16.0. The molecule has 0 radical (unpaired) electrons. The fourth-order valence-corrected chi connectivity index (χ4v) is 10.8. The van der Waals surface area contributed by atoms with Crippen LogP contribution in [0.2, 0.25) is 0 Å². The number of thiophene rings is 1. The predicted octanol–water partition coefficient (Wildman–Crippen LogP) is 15.2. The summed E-state index contributed by atoms with van der Waals surface area (Å²) in [4.78, 5) is 0. The molecule has 1 unspecified atom stereocenters. The SMILES string of the molecule is CC1(c2ccccc2)C=CC(c2cc(-n3c4ccccc4c4cc(-c5ccc6c7ccccc7n(-c7ccccc7)c6c5)ccc43)cc3c2sc2ccccc23)=CC1. The van der Waals surface area contributed by atoms with E-state index in [9.17, 15) is 0 Å². The summed E-state index contributed by atoms with van der Waals surface area (Å²) in [6, 6.07) is 67.0. The van der Waals surface area contributed by atoms with Crippen molar-refractivity contribution in [3.05, 3.63) is 211 Å².